The average molecular weight is 269 g/mol. The van der Waals surface area contributed by atoms with Crippen molar-refractivity contribution in [2.24, 2.45) is 17.3 Å². The quantitative estimate of drug-likeness (QED) is 0.764. The normalized spacial score (nSPS) is 19.5. The van der Waals surface area contributed by atoms with Crippen LogP contribution in [0.3, 0.4) is 0 Å². The van der Waals surface area contributed by atoms with Gasteiger partial charge in [-0.25, -0.2) is 0 Å². The molecule has 1 atom stereocenters. The molecule has 4 nitrogen and oxygen atoms in total. The van der Waals surface area contributed by atoms with E-state index in [1.165, 1.54) is 0 Å². The zero-order valence-electron chi connectivity index (χ0n) is 13.3. The fourth-order valence-corrected chi connectivity index (χ4v) is 2.06. The average Bonchev–Trinajstić information content (AvgIpc) is 2.37. The molecule has 0 bridgehead atoms. The second-order valence-electron chi connectivity index (χ2n) is 6.81. The van der Waals surface area contributed by atoms with Crippen LogP contribution in [0.5, 0.6) is 0 Å². The van der Waals surface area contributed by atoms with Gasteiger partial charge >= 0.3 is 0 Å². The van der Waals surface area contributed by atoms with Gasteiger partial charge in [0, 0.05) is 45.2 Å². The molecule has 1 rings (SSSR count). The predicted molar refractivity (Wildman–Crippen MR) is 80.1 cm³/mol. The number of hydrogen-bond donors (Lipinski definition) is 2. The third-order valence-electron chi connectivity index (χ3n) is 4.47. The van der Waals surface area contributed by atoms with Crippen molar-refractivity contribution in [2.75, 3.05) is 39.3 Å². The van der Waals surface area contributed by atoms with Gasteiger partial charge in [0.25, 0.3) is 0 Å². The third kappa shape index (κ3) is 5.49. The zero-order chi connectivity index (χ0) is 14.5. The fraction of sp³-hybridized carbons (Fsp3) is 0.933. The van der Waals surface area contributed by atoms with E-state index in [1.54, 1.807) is 0 Å². The maximum atomic E-state index is 12.1. The first-order valence-corrected chi connectivity index (χ1v) is 7.53. The molecule has 1 aliphatic rings. The number of carbonyl (C=O) groups is 1. The zero-order valence-corrected chi connectivity index (χ0v) is 13.3. The molecular weight excluding hydrogens is 238 g/mol. The molecule has 1 unspecified atom stereocenters. The summed E-state index contributed by atoms with van der Waals surface area (Å²) in [6, 6.07) is 0. The summed E-state index contributed by atoms with van der Waals surface area (Å²) in [6.45, 7) is 16.7. The fourth-order valence-electron chi connectivity index (χ4n) is 2.06. The molecule has 4 heteroatoms. The van der Waals surface area contributed by atoms with Crippen LogP contribution in [0.25, 0.3) is 0 Å². The van der Waals surface area contributed by atoms with Gasteiger partial charge in [-0.1, -0.05) is 34.6 Å². The Kier molecular flexibility index (Phi) is 6.27. The van der Waals surface area contributed by atoms with Crippen LogP contribution in [0, 0.1) is 17.3 Å². The van der Waals surface area contributed by atoms with Gasteiger partial charge in [-0.05, 0) is 11.3 Å². The molecule has 1 aliphatic heterocycles. The van der Waals surface area contributed by atoms with E-state index in [9.17, 15) is 4.79 Å². The largest absolute Gasteiger partial charge is 0.355 e. The molecule has 0 aromatic rings. The van der Waals surface area contributed by atoms with E-state index >= 15 is 0 Å². The Morgan fingerprint density at radius 2 is 1.84 bits per heavy atom. The Hall–Kier alpha value is -0.610. The Morgan fingerprint density at radius 3 is 2.37 bits per heavy atom. The number of carbonyl (C=O) groups excluding carboxylic acids is 1. The summed E-state index contributed by atoms with van der Waals surface area (Å²) in [5, 5.41) is 6.44. The van der Waals surface area contributed by atoms with E-state index in [4.69, 9.17) is 0 Å². The SMILES string of the molecule is CC(CN1CCNCC1)C(=O)NCC(C)(C)C(C)C. The van der Waals surface area contributed by atoms with E-state index in [0.29, 0.717) is 5.92 Å². The van der Waals surface area contributed by atoms with Gasteiger partial charge in [-0.2, -0.15) is 0 Å². The smallest absolute Gasteiger partial charge is 0.224 e. The third-order valence-corrected chi connectivity index (χ3v) is 4.47. The van der Waals surface area contributed by atoms with Crippen LogP contribution in [-0.4, -0.2) is 50.1 Å². The lowest BCUT2D eigenvalue weighted by atomic mass is 9.81. The summed E-state index contributed by atoms with van der Waals surface area (Å²) in [7, 11) is 0. The highest BCUT2D eigenvalue weighted by Crippen LogP contribution is 2.24. The first kappa shape index (κ1) is 16.4. The second-order valence-corrected chi connectivity index (χ2v) is 6.81. The monoisotopic (exact) mass is 269 g/mol. The molecule has 0 saturated carbocycles. The van der Waals surface area contributed by atoms with E-state index in [-0.39, 0.29) is 17.2 Å². The van der Waals surface area contributed by atoms with Crippen LogP contribution in [0.15, 0.2) is 0 Å². The molecule has 0 radical (unpaired) electrons. The van der Waals surface area contributed by atoms with E-state index < -0.39 is 0 Å². The van der Waals surface area contributed by atoms with Crippen LogP contribution in [0.1, 0.15) is 34.6 Å². The summed E-state index contributed by atoms with van der Waals surface area (Å²) < 4.78 is 0. The highest BCUT2D eigenvalue weighted by Gasteiger charge is 2.25. The van der Waals surface area contributed by atoms with E-state index in [0.717, 1.165) is 39.3 Å². The highest BCUT2D eigenvalue weighted by atomic mass is 16.1. The summed E-state index contributed by atoms with van der Waals surface area (Å²) in [5.41, 5.74) is 0.157. The van der Waals surface area contributed by atoms with Crippen LogP contribution in [-0.2, 0) is 4.79 Å². The van der Waals surface area contributed by atoms with Gasteiger partial charge in [0.15, 0.2) is 0 Å². The van der Waals surface area contributed by atoms with Crippen molar-refractivity contribution in [3.05, 3.63) is 0 Å². The molecule has 1 amide bonds. The Labute approximate surface area is 118 Å². The first-order valence-electron chi connectivity index (χ1n) is 7.53. The van der Waals surface area contributed by atoms with Crippen molar-refractivity contribution in [2.45, 2.75) is 34.6 Å². The van der Waals surface area contributed by atoms with Crippen molar-refractivity contribution < 1.29 is 4.79 Å². The molecule has 1 heterocycles. The highest BCUT2D eigenvalue weighted by molar-refractivity contribution is 5.78. The number of hydrogen-bond acceptors (Lipinski definition) is 3. The van der Waals surface area contributed by atoms with E-state index in [1.807, 2.05) is 6.92 Å². The molecule has 0 aromatic heterocycles. The van der Waals surface area contributed by atoms with Crippen LogP contribution >= 0.6 is 0 Å². The van der Waals surface area contributed by atoms with Gasteiger partial charge in [-0.15, -0.1) is 0 Å². The maximum Gasteiger partial charge on any atom is 0.224 e. The molecule has 1 saturated heterocycles. The van der Waals surface area contributed by atoms with E-state index in [2.05, 4.69) is 43.2 Å². The van der Waals surface area contributed by atoms with Crippen molar-refractivity contribution in [1.29, 1.82) is 0 Å². The maximum absolute atomic E-state index is 12.1. The molecular formula is C15H31N3O. The lowest BCUT2D eigenvalue weighted by Crippen LogP contribution is -2.47. The number of nitrogens with zero attached hydrogens (tertiary/aromatic N) is 1. The molecule has 0 aliphatic carbocycles. The summed E-state index contributed by atoms with van der Waals surface area (Å²) >= 11 is 0. The lowest BCUT2D eigenvalue weighted by Gasteiger charge is -2.31. The topological polar surface area (TPSA) is 44.4 Å². The summed E-state index contributed by atoms with van der Waals surface area (Å²) in [5.74, 6) is 0.824. The van der Waals surface area contributed by atoms with Gasteiger partial charge in [-0.3, -0.25) is 4.79 Å². The van der Waals surface area contributed by atoms with Gasteiger partial charge in [0.2, 0.25) is 5.91 Å². The molecule has 2 N–H and O–H groups in total. The summed E-state index contributed by atoms with van der Waals surface area (Å²) in [6.07, 6.45) is 0. The second kappa shape index (κ2) is 7.25. The predicted octanol–water partition coefficient (Wildman–Crippen LogP) is 1.33. The number of nitrogens with one attached hydrogen (secondary N) is 2. The molecule has 0 aromatic carbocycles. The molecule has 1 fully saturated rings. The van der Waals surface area contributed by atoms with Crippen molar-refractivity contribution in [3.8, 4) is 0 Å². The minimum atomic E-state index is 0.0704. The lowest BCUT2D eigenvalue weighted by molar-refractivity contribution is -0.125. The standard InChI is InChI=1S/C15H31N3O/c1-12(2)15(4,5)11-17-14(19)13(3)10-18-8-6-16-7-9-18/h12-13,16H,6-11H2,1-5H3,(H,17,19). The Morgan fingerprint density at radius 1 is 1.26 bits per heavy atom. The van der Waals surface area contributed by atoms with Crippen molar-refractivity contribution >= 4 is 5.91 Å². The minimum absolute atomic E-state index is 0.0704. The van der Waals surface area contributed by atoms with Gasteiger partial charge in [0.1, 0.15) is 0 Å². The minimum Gasteiger partial charge on any atom is -0.355 e. The molecule has 112 valence electrons. The van der Waals surface area contributed by atoms with Gasteiger partial charge < -0.3 is 15.5 Å². The van der Waals surface area contributed by atoms with Crippen LogP contribution < -0.4 is 10.6 Å². The number of piperazine rings is 1. The summed E-state index contributed by atoms with van der Waals surface area (Å²) in [4.78, 5) is 14.5. The Balaban J connectivity index is 2.32. The first-order chi connectivity index (χ1) is 8.83. The Bertz CT molecular complexity index is 283. The van der Waals surface area contributed by atoms with Gasteiger partial charge in [0.05, 0.1) is 0 Å². The molecule has 0 spiro atoms. The molecule has 19 heavy (non-hydrogen) atoms. The number of amides is 1. The van der Waals surface area contributed by atoms with Crippen LogP contribution in [0.4, 0.5) is 0 Å². The van der Waals surface area contributed by atoms with Crippen molar-refractivity contribution in [1.82, 2.24) is 15.5 Å². The number of rotatable bonds is 6. The van der Waals surface area contributed by atoms with Crippen molar-refractivity contribution in [3.63, 3.8) is 0 Å². The van der Waals surface area contributed by atoms with Crippen LogP contribution in [0.2, 0.25) is 0 Å².